The highest BCUT2D eigenvalue weighted by Crippen LogP contribution is 2.62. The number of rotatable bonds is 7. The zero-order chi connectivity index (χ0) is 37.5. The molecule has 0 saturated heterocycles. The fraction of sp³-hybridized carbons (Fsp3) is 0.0189. The molecule has 1 heterocycles. The number of para-hydroxylation sites is 2. The zero-order valence-electron chi connectivity index (χ0n) is 30.6. The van der Waals surface area contributed by atoms with Crippen molar-refractivity contribution in [3.63, 3.8) is 0 Å². The summed E-state index contributed by atoms with van der Waals surface area (Å²) in [5.74, 6) is 1.81. The summed E-state index contributed by atoms with van der Waals surface area (Å²) in [6, 6.07) is 69.9. The van der Waals surface area contributed by atoms with E-state index in [9.17, 15) is 0 Å². The van der Waals surface area contributed by atoms with Crippen molar-refractivity contribution >= 4 is 17.6 Å². The van der Waals surface area contributed by atoms with Gasteiger partial charge in [0.25, 0.3) is 0 Å². The molecule has 56 heavy (non-hydrogen) atoms. The van der Waals surface area contributed by atoms with E-state index in [2.05, 4.69) is 140 Å². The van der Waals surface area contributed by atoms with Gasteiger partial charge in [-0.25, -0.2) is 0 Å². The molecular weight excluding hydrogens is 681 g/mol. The largest absolute Gasteiger partial charge is 0.457 e. The van der Waals surface area contributed by atoms with Crippen LogP contribution in [0.15, 0.2) is 211 Å². The van der Waals surface area contributed by atoms with E-state index >= 15 is 0 Å². The van der Waals surface area contributed by atoms with Gasteiger partial charge < -0.3 is 10.1 Å². The fourth-order valence-corrected chi connectivity index (χ4v) is 8.48. The first-order valence-corrected chi connectivity index (χ1v) is 18.9. The van der Waals surface area contributed by atoms with E-state index in [4.69, 9.17) is 15.1 Å². The van der Waals surface area contributed by atoms with Crippen molar-refractivity contribution in [2.45, 2.75) is 5.41 Å². The van der Waals surface area contributed by atoms with Crippen molar-refractivity contribution in [1.29, 1.82) is 5.41 Å². The quantitative estimate of drug-likeness (QED) is 0.164. The Morgan fingerprint density at radius 3 is 1.66 bits per heavy atom. The van der Waals surface area contributed by atoms with Crippen LogP contribution in [0.5, 0.6) is 11.5 Å². The Balaban J connectivity index is 0.975. The Kier molecular flexibility index (Phi) is 8.19. The molecule has 0 radical (unpaired) electrons. The maximum absolute atomic E-state index is 8.73. The molecule has 1 N–H and O–H groups in total. The van der Waals surface area contributed by atoms with Crippen LogP contribution in [0, 0.1) is 5.41 Å². The van der Waals surface area contributed by atoms with Crippen molar-refractivity contribution in [2.75, 3.05) is 0 Å². The van der Waals surface area contributed by atoms with E-state index < -0.39 is 5.41 Å². The van der Waals surface area contributed by atoms with Crippen LogP contribution in [-0.2, 0) is 5.41 Å². The van der Waals surface area contributed by atoms with Crippen LogP contribution in [0.1, 0.15) is 38.9 Å². The summed E-state index contributed by atoms with van der Waals surface area (Å²) in [5, 5.41) is 8.73. The zero-order valence-corrected chi connectivity index (χ0v) is 30.6. The SMILES string of the molecule is N=C(/C=C(\N=Cc1cccc(-c2ccc(-c3ccc4c(c3)-c3ccccc3C43c4ccccc4Oc4ccccc43)cc2)c1)c1ccccc1)c1ccccc1. The molecule has 0 saturated carbocycles. The maximum Gasteiger partial charge on any atom is 0.132 e. The number of hydrogen-bond donors (Lipinski definition) is 1. The molecule has 0 amide bonds. The van der Waals surface area contributed by atoms with Gasteiger partial charge in [0, 0.05) is 22.9 Å². The molecule has 10 rings (SSSR count). The first-order chi connectivity index (χ1) is 27.7. The van der Waals surface area contributed by atoms with Crippen LogP contribution in [0.4, 0.5) is 0 Å². The van der Waals surface area contributed by atoms with Crippen molar-refractivity contribution in [1.82, 2.24) is 0 Å². The maximum atomic E-state index is 8.73. The number of nitrogens with one attached hydrogen (secondary N) is 1. The first-order valence-electron chi connectivity index (χ1n) is 18.9. The molecule has 1 aliphatic heterocycles. The standard InChI is InChI=1S/C53H36N2O/c54-49(39-15-3-1-4-16-39)34-50(40-17-5-2-6-18-40)55-35-36-14-13-19-41(32-36)37-26-28-38(29-27-37)42-30-31-46-44(33-42)43-20-7-8-21-45(43)53(46)47-22-9-11-24-51(47)56-52-25-12-10-23-48(52)53/h1-35,54H/b50-34-,54-49?,55-35?. The van der Waals surface area contributed by atoms with Crippen LogP contribution in [0.2, 0.25) is 0 Å². The molecule has 0 atom stereocenters. The summed E-state index contributed by atoms with van der Waals surface area (Å²) in [6.07, 6.45) is 3.72. The van der Waals surface area contributed by atoms with Gasteiger partial charge in [0.1, 0.15) is 11.5 Å². The number of aliphatic imine (C=N–C) groups is 1. The van der Waals surface area contributed by atoms with Crippen LogP contribution >= 0.6 is 0 Å². The minimum Gasteiger partial charge on any atom is -0.457 e. The monoisotopic (exact) mass is 716 g/mol. The van der Waals surface area contributed by atoms with Gasteiger partial charge >= 0.3 is 0 Å². The molecule has 8 aromatic rings. The third-order valence-corrected chi connectivity index (χ3v) is 11.1. The average molecular weight is 717 g/mol. The number of ether oxygens (including phenoxy) is 1. The fourth-order valence-electron chi connectivity index (χ4n) is 8.48. The summed E-state index contributed by atoms with van der Waals surface area (Å²) in [4.78, 5) is 4.91. The number of allylic oxidation sites excluding steroid dienone is 1. The predicted molar refractivity (Wildman–Crippen MR) is 230 cm³/mol. The molecule has 0 fully saturated rings. The number of benzene rings is 8. The van der Waals surface area contributed by atoms with E-state index in [0.29, 0.717) is 5.71 Å². The lowest BCUT2D eigenvalue weighted by Gasteiger charge is -2.39. The highest BCUT2D eigenvalue weighted by atomic mass is 16.5. The molecule has 3 heteroatoms. The Bertz CT molecular complexity index is 2790. The lowest BCUT2D eigenvalue weighted by atomic mass is 9.66. The van der Waals surface area contributed by atoms with Gasteiger partial charge in [-0.3, -0.25) is 4.99 Å². The number of fused-ring (bicyclic) bond motifs is 9. The van der Waals surface area contributed by atoms with Crippen LogP contribution in [-0.4, -0.2) is 11.9 Å². The third kappa shape index (κ3) is 5.61. The lowest BCUT2D eigenvalue weighted by Crippen LogP contribution is -2.32. The van der Waals surface area contributed by atoms with E-state index in [1.165, 1.54) is 44.5 Å². The second-order valence-electron chi connectivity index (χ2n) is 14.3. The molecule has 8 aromatic carbocycles. The second kappa shape index (κ2) is 13.8. The van der Waals surface area contributed by atoms with Crippen LogP contribution < -0.4 is 4.74 Å². The van der Waals surface area contributed by atoms with Gasteiger partial charge in [0.05, 0.1) is 16.8 Å². The summed E-state index contributed by atoms with van der Waals surface area (Å²) >= 11 is 0. The van der Waals surface area contributed by atoms with Gasteiger partial charge in [-0.1, -0.05) is 176 Å². The smallest absolute Gasteiger partial charge is 0.132 e. The van der Waals surface area contributed by atoms with Gasteiger partial charge in [-0.2, -0.15) is 0 Å². The predicted octanol–water partition coefficient (Wildman–Crippen LogP) is 13.0. The van der Waals surface area contributed by atoms with Crippen molar-refractivity contribution in [2.24, 2.45) is 4.99 Å². The molecule has 1 spiro atoms. The second-order valence-corrected chi connectivity index (χ2v) is 14.3. The van der Waals surface area contributed by atoms with Gasteiger partial charge in [-0.05, 0) is 86.0 Å². The minimum absolute atomic E-state index is 0.418. The minimum atomic E-state index is -0.463. The van der Waals surface area contributed by atoms with E-state index in [0.717, 1.165) is 45.0 Å². The first kappa shape index (κ1) is 33.2. The molecule has 0 unspecified atom stereocenters. The summed E-state index contributed by atoms with van der Waals surface area (Å²) < 4.78 is 6.50. The molecule has 0 aromatic heterocycles. The molecule has 264 valence electrons. The summed E-state index contributed by atoms with van der Waals surface area (Å²) in [7, 11) is 0. The summed E-state index contributed by atoms with van der Waals surface area (Å²) in [6.45, 7) is 0. The number of hydrogen-bond acceptors (Lipinski definition) is 3. The molecule has 1 aliphatic carbocycles. The van der Waals surface area contributed by atoms with Gasteiger partial charge in [0.2, 0.25) is 0 Å². The van der Waals surface area contributed by atoms with Gasteiger partial charge in [0.15, 0.2) is 0 Å². The Morgan fingerprint density at radius 2 is 0.982 bits per heavy atom. The Hall–Kier alpha value is -7.36. The third-order valence-electron chi connectivity index (χ3n) is 11.1. The van der Waals surface area contributed by atoms with E-state index in [-0.39, 0.29) is 0 Å². The Labute approximate surface area is 327 Å². The molecule has 2 aliphatic rings. The average Bonchev–Trinajstić information content (AvgIpc) is 3.56. The lowest BCUT2D eigenvalue weighted by molar-refractivity contribution is 0.436. The van der Waals surface area contributed by atoms with E-state index in [1.807, 2.05) is 73.0 Å². The topological polar surface area (TPSA) is 45.4 Å². The Morgan fingerprint density at radius 1 is 0.446 bits per heavy atom. The van der Waals surface area contributed by atoms with Crippen LogP contribution in [0.25, 0.3) is 39.1 Å². The van der Waals surface area contributed by atoms with E-state index in [1.54, 1.807) is 0 Å². The normalized spacial score (nSPS) is 13.4. The highest BCUT2D eigenvalue weighted by Gasteiger charge is 2.50. The summed E-state index contributed by atoms with van der Waals surface area (Å²) in [5.41, 5.74) is 15.5. The highest BCUT2D eigenvalue weighted by molar-refractivity contribution is 6.10. The van der Waals surface area contributed by atoms with Crippen molar-refractivity contribution in [3.05, 3.63) is 245 Å². The van der Waals surface area contributed by atoms with Gasteiger partial charge in [-0.15, -0.1) is 0 Å². The van der Waals surface area contributed by atoms with Crippen molar-refractivity contribution < 1.29 is 4.74 Å². The molecule has 0 bridgehead atoms. The number of nitrogens with zero attached hydrogens (tertiary/aromatic N) is 1. The molecule has 3 nitrogen and oxygen atoms in total. The molecular formula is C53H36N2O. The van der Waals surface area contributed by atoms with Crippen LogP contribution in [0.3, 0.4) is 0 Å². The van der Waals surface area contributed by atoms with Crippen molar-refractivity contribution in [3.8, 4) is 44.9 Å².